The summed E-state index contributed by atoms with van der Waals surface area (Å²) in [7, 11) is 0. The normalized spacial score (nSPS) is 16.2. The van der Waals surface area contributed by atoms with Crippen molar-refractivity contribution in [2.24, 2.45) is 5.92 Å². The van der Waals surface area contributed by atoms with Crippen LogP contribution >= 0.6 is 39.1 Å². The predicted molar refractivity (Wildman–Crippen MR) is 111 cm³/mol. The fourth-order valence-electron chi connectivity index (χ4n) is 2.78. The van der Waals surface area contributed by atoms with Crippen LogP contribution in [0.3, 0.4) is 0 Å². The highest BCUT2D eigenvalue weighted by atomic mass is 79.9. The van der Waals surface area contributed by atoms with Crippen molar-refractivity contribution >= 4 is 68.3 Å². The molecule has 1 saturated heterocycles. The fourth-order valence-corrected chi connectivity index (χ4v) is 3.45. The van der Waals surface area contributed by atoms with Crippen LogP contribution in [0.4, 0.5) is 11.4 Å². The largest absolute Gasteiger partial charge is 0.455 e. The summed E-state index contributed by atoms with van der Waals surface area (Å²) in [4.78, 5) is 37.9. The Morgan fingerprint density at radius 2 is 1.89 bits per heavy atom. The standard InChI is InChI=1S/C19H15BrCl2N2O4/c20-12-4-6-13(7-5-12)23-16(25)10-28-19(27)11-8-17(26)24(9-11)15-3-1-2-14(21)18(15)22/h1-7,11H,8-10H2,(H,23,25)/t11-/m0/s1. The van der Waals surface area contributed by atoms with E-state index in [-0.39, 0.29) is 23.9 Å². The molecule has 1 N–H and O–H groups in total. The van der Waals surface area contributed by atoms with E-state index in [0.29, 0.717) is 16.4 Å². The van der Waals surface area contributed by atoms with E-state index in [1.54, 1.807) is 42.5 Å². The molecule has 1 aliphatic heterocycles. The van der Waals surface area contributed by atoms with Gasteiger partial charge in [0.1, 0.15) is 0 Å². The van der Waals surface area contributed by atoms with Gasteiger partial charge in [-0.1, -0.05) is 45.2 Å². The Kier molecular flexibility index (Phi) is 6.59. The Balaban J connectivity index is 1.55. The number of ether oxygens (including phenoxy) is 1. The van der Waals surface area contributed by atoms with E-state index in [4.69, 9.17) is 27.9 Å². The Morgan fingerprint density at radius 3 is 2.61 bits per heavy atom. The first kappa shape index (κ1) is 20.6. The van der Waals surface area contributed by atoms with Crippen molar-refractivity contribution in [2.75, 3.05) is 23.4 Å². The molecule has 6 nitrogen and oxygen atoms in total. The van der Waals surface area contributed by atoms with Crippen molar-refractivity contribution in [1.29, 1.82) is 0 Å². The van der Waals surface area contributed by atoms with E-state index in [2.05, 4.69) is 21.2 Å². The summed E-state index contributed by atoms with van der Waals surface area (Å²) in [5.74, 6) is -2.01. The van der Waals surface area contributed by atoms with Gasteiger partial charge in [-0.25, -0.2) is 0 Å². The van der Waals surface area contributed by atoms with Crippen LogP contribution in [0.25, 0.3) is 0 Å². The summed E-state index contributed by atoms with van der Waals surface area (Å²) >= 11 is 15.5. The lowest BCUT2D eigenvalue weighted by atomic mass is 10.1. The summed E-state index contributed by atoms with van der Waals surface area (Å²) in [5, 5.41) is 3.20. The molecule has 0 saturated carbocycles. The van der Waals surface area contributed by atoms with Gasteiger partial charge in [0.05, 0.1) is 21.7 Å². The highest BCUT2D eigenvalue weighted by Gasteiger charge is 2.37. The highest BCUT2D eigenvalue weighted by Crippen LogP contribution is 2.35. The molecule has 0 bridgehead atoms. The van der Waals surface area contributed by atoms with Gasteiger partial charge in [0.15, 0.2) is 6.61 Å². The third kappa shape index (κ3) is 4.84. The Bertz CT molecular complexity index is 921. The quantitative estimate of drug-likeness (QED) is 0.641. The van der Waals surface area contributed by atoms with Crippen molar-refractivity contribution < 1.29 is 19.1 Å². The molecule has 9 heteroatoms. The first-order valence-corrected chi connectivity index (χ1v) is 9.86. The number of amides is 2. The molecule has 2 aromatic carbocycles. The van der Waals surface area contributed by atoms with E-state index in [1.165, 1.54) is 4.90 Å². The molecule has 2 amide bonds. The maximum Gasteiger partial charge on any atom is 0.311 e. The van der Waals surface area contributed by atoms with Crippen LogP contribution in [0.15, 0.2) is 46.9 Å². The number of anilines is 2. The molecular formula is C19H15BrCl2N2O4. The Hall–Kier alpha value is -2.09. The molecular weight excluding hydrogens is 471 g/mol. The minimum Gasteiger partial charge on any atom is -0.455 e. The number of carbonyl (C=O) groups excluding carboxylic acids is 3. The third-order valence-corrected chi connectivity index (χ3v) is 5.49. The van der Waals surface area contributed by atoms with Gasteiger partial charge in [-0.05, 0) is 36.4 Å². The summed E-state index contributed by atoms with van der Waals surface area (Å²) < 4.78 is 5.95. The molecule has 1 atom stereocenters. The zero-order valence-electron chi connectivity index (χ0n) is 14.5. The van der Waals surface area contributed by atoms with Crippen LogP contribution in [-0.2, 0) is 19.1 Å². The van der Waals surface area contributed by atoms with Gasteiger partial charge in [-0.15, -0.1) is 0 Å². The zero-order valence-corrected chi connectivity index (χ0v) is 17.6. The van der Waals surface area contributed by atoms with Crippen molar-refractivity contribution in [3.05, 3.63) is 57.0 Å². The number of rotatable bonds is 5. The van der Waals surface area contributed by atoms with E-state index < -0.39 is 24.4 Å². The Labute approximate surface area is 179 Å². The highest BCUT2D eigenvalue weighted by molar-refractivity contribution is 9.10. The van der Waals surface area contributed by atoms with Crippen LogP contribution in [0.2, 0.25) is 10.0 Å². The molecule has 0 aromatic heterocycles. The second kappa shape index (κ2) is 8.94. The molecule has 0 radical (unpaired) electrons. The maximum atomic E-state index is 12.3. The van der Waals surface area contributed by atoms with E-state index in [0.717, 1.165) is 4.47 Å². The number of hydrogen-bond acceptors (Lipinski definition) is 4. The summed E-state index contributed by atoms with van der Waals surface area (Å²) in [6, 6.07) is 11.9. The SMILES string of the molecule is O=C(COC(=O)[C@H]1CC(=O)N(c2cccc(Cl)c2Cl)C1)Nc1ccc(Br)cc1. The van der Waals surface area contributed by atoms with E-state index >= 15 is 0 Å². The maximum absolute atomic E-state index is 12.3. The van der Waals surface area contributed by atoms with Crippen molar-refractivity contribution in [3.8, 4) is 0 Å². The van der Waals surface area contributed by atoms with Gasteiger partial charge in [-0.3, -0.25) is 14.4 Å². The van der Waals surface area contributed by atoms with Gasteiger partial charge < -0.3 is 15.0 Å². The lowest BCUT2D eigenvalue weighted by molar-refractivity contribution is -0.151. The zero-order chi connectivity index (χ0) is 20.3. The number of nitrogens with zero attached hydrogens (tertiary/aromatic N) is 1. The molecule has 1 heterocycles. The first-order valence-electron chi connectivity index (χ1n) is 8.31. The van der Waals surface area contributed by atoms with Crippen LogP contribution < -0.4 is 10.2 Å². The van der Waals surface area contributed by atoms with Crippen molar-refractivity contribution in [2.45, 2.75) is 6.42 Å². The molecule has 0 unspecified atom stereocenters. The Morgan fingerprint density at radius 1 is 1.18 bits per heavy atom. The van der Waals surface area contributed by atoms with E-state index in [1.807, 2.05) is 0 Å². The number of esters is 1. The lowest BCUT2D eigenvalue weighted by Crippen LogP contribution is -2.28. The van der Waals surface area contributed by atoms with Crippen molar-refractivity contribution in [3.63, 3.8) is 0 Å². The number of carbonyl (C=O) groups is 3. The molecule has 28 heavy (non-hydrogen) atoms. The van der Waals surface area contributed by atoms with Gasteiger partial charge in [0.25, 0.3) is 5.91 Å². The molecule has 0 spiro atoms. The molecule has 3 rings (SSSR count). The minimum absolute atomic E-state index is 0.0179. The molecule has 2 aromatic rings. The molecule has 1 aliphatic rings. The topological polar surface area (TPSA) is 75.7 Å². The van der Waals surface area contributed by atoms with Crippen LogP contribution in [0.1, 0.15) is 6.42 Å². The lowest BCUT2D eigenvalue weighted by Gasteiger charge is -2.18. The second-order valence-electron chi connectivity index (χ2n) is 6.14. The molecule has 146 valence electrons. The van der Waals surface area contributed by atoms with Crippen LogP contribution in [0.5, 0.6) is 0 Å². The number of benzene rings is 2. The second-order valence-corrected chi connectivity index (χ2v) is 7.84. The monoisotopic (exact) mass is 484 g/mol. The third-order valence-electron chi connectivity index (χ3n) is 4.15. The molecule has 0 aliphatic carbocycles. The van der Waals surface area contributed by atoms with Crippen molar-refractivity contribution in [1.82, 2.24) is 0 Å². The number of hydrogen-bond donors (Lipinski definition) is 1. The van der Waals surface area contributed by atoms with Gasteiger partial charge in [-0.2, -0.15) is 0 Å². The van der Waals surface area contributed by atoms with Gasteiger partial charge in [0, 0.05) is 23.1 Å². The number of halogens is 3. The van der Waals surface area contributed by atoms with Crippen LogP contribution in [0, 0.1) is 5.92 Å². The number of nitrogens with one attached hydrogen (secondary N) is 1. The predicted octanol–water partition coefficient (Wildman–Crippen LogP) is 4.29. The summed E-state index contributed by atoms with van der Waals surface area (Å²) in [6.07, 6.45) is -0.0179. The fraction of sp³-hybridized carbons (Fsp3) is 0.211. The average molecular weight is 486 g/mol. The van der Waals surface area contributed by atoms with Crippen LogP contribution in [-0.4, -0.2) is 30.9 Å². The first-order chi connectivity index (χ1) is 13.3. The average Bonchev–Trinajstić information content (AvgIpc) is 3.05. The van der Waals surface area contributed by atoms with Gasteiger partial charge >= 0.3 is 5.97 Å². The minimum atomic E-state index is -0.678. The molecule has 1 fully saturated rings. The van der Waals surface area contributed by atoms with E-state index in [9.17, 15) is 14.4 Å². The summed E-state index contributed by atoms with van der Waals surface area (Å²) in [6.45, 7) is -0.316. The smallest absolute Gasteiger partial charge is 0.311 e. The van der Waals surface area contributed by atoms with Gasteiger partial charge in [0.2, 0.25) is 5.91 Å². The summed E-state index contributed by atoms with van der Waals surface area (Å²) in [5.41, 5.74) is 1.03.